The summed E-state index contributed by atoms with van der Waals surface area (Å²) in [6.07, 6.45) is 0.666. The van der Waals surface area contributed by atoms with E-state index in [-0.39, 0.29) is 16.9 Å². The SMILES string of the molecule is CC1Cc2cc(S(=O)(=O)N[C@H](C(=O)O)C(C)C)ccc2O1. The van der Waals surface area contributed by atoms with Gasteiger partial charge in [0.1, 0.15) is 17.9 Å². The first-order valence-electron chi connectivity index (χ1n) is 6.75. The van der Waals surface area contributed by atoms with E-state index < -0.39 is 22.0 Å². The molecule has 0 radical (unpaired) electrons. The van der Waals surface area contributed by atoms with E-state index in [1.807, 2.05) is 6.92 Å². The number of nitrogens with one attached hydrogen (secondary N) is 1. The molecule has 21 heavy (non-hydrogen) atoms. The molecule has 116 valence electrons. The molecule has 0 bridgehead atoms. The Hall–Kier alpha value is -1.60. The van der Waals surface area contributed by atoms with Crippen LogP contribution in [0, 0.1) is 5.92 Å². The molecule has 0 aromatic heterocycles. The van der Waals surface area contributed by atoms with Gasteiger partial charge in [0, 0.05) is 6.42 Å². The molecule has 1 aromatic rings. The monoisotopic (exact) mass is 313 g/mol. The number of hydrogen-bond donors (Lipinski definition) is 2. The van der Waals surface area contributed by atoms with Gasteiger partial charge in [-0.05, 0) is 36.6 Å². The third kappa shape index (κ3) is 3.36. The minimum absolute atomic E-state index is 0.0216. The molecule has 2 N–H and O–H groups in total. The Labute approximate surface area is 124 Å². The minimum Gasteiger partial charge on any atom is -0.490 e. The van der Waals surface area contributed by atoms with E-state index in [2.05, 4.69) is 4.72 Å². The fourth-order valence-corrected chi connectivity index (χ4v) is 3.66. The van der Waals surface area contributed by atoms with Gasteiger partial charge < -0.3 is 9.84 Å². The van der Waals surface area contributed by atoms with Crippen molar-refractivity contribution < 1.29 is 23.1 Å². The molecule has 6 nitrogen and oxygen atoms in total. The molecule has 1 heterocycles. The summed E-state index contributed by atoms with van der Waals surface area (Å²) >= 11 is 0. The Kier molecular flexibility index (Phi) is 4.25. The third-order valence-electron chi connectivity index (χ3n) is 3.39. The van der Waals surface area contributed by atoms with Crippen LogP contribution >= 0.6 is 0 Å². The van der Waals surface area contributed by atoms with E-state index in [0.29, 0.717) is 12.2 Å². The first-order valence-corrected chi connectivity index (χ1v) is 8.23. The van der Waals surface area contributed by atoms with Crippen molar-refractivity contribution in [1.29, 1.82) is 0 Å². The summed E-state index contributed by atoms with van der Waals surface area (Å²) in [4.78, 5) is 11.2. The third-order valence-corrected chi connectivity index (χ3v) is 4.83. The van der Waals surface area contributed by atoms with Crippen molar-refractivity contribution in [1.82, 2.24) is 4.72 Å². The number of sulfonamides is 1. The van der Waals surface area contributed by atoms with Crippen LogP contribution in [0.5, 0.6) is 5.75 Å². The maximum absolute atomic E-state index is 12.3. The number of aliphatic carboxylic acids is 1. The fourth-order valence-electron chi connectivity index (χ4n) is 2.27. The Morgan fingerprint density at radius 2 is 2.10 bits per heavy atom. The van der Waals surface area contributed by atoms with Crippen LogP contribution in [0.15, 0.2) is 23.1 Å². The molecule has 7 heteroatoms. The highest BCUT2D eigenvalue weighted by Crippen LogP contribution is 2.30. The maximum Gasteiger partial charge on any atom is 0.322 e. The first kappa shape index (κ1) is 15.8. The zero-order valence-electron chi connectivity index (χ0n) is 12.2. The molecule has 0 saturated heterocycles. The van der Waals surface area contributed by atoms with Crippen LogP contribution in [0.4, 0.5) is 0 Å². The standard InChI is InChI=1S/C14H19NO5S/c1-8(2)13(14(16)17)15-21(18,19)11-4-5-12-10(7-11)6-9(3)20-12/h4-5,7-9,13,15H,6H2,1-3H3,(H,16,17)/t9?,13-/m0/s1. The molecular weight excluding hydrogens is 294 g/mol. The largest absolute Gasteiger partial charge is 0.490 e. The van der Waals surface area contributed by atoms with Crippen molar-refractivity contribution in [3.8, 4) is 5.75 Å². The summed E-state index contributed by atoms with van der Waals surface area (Å²) in [6.45, 7) is 5.21. The zero-order chi connectivity index (χ0) is 15.8. The van der Waals surface area contributed by atoms with Crippen molar-refractivity contribution in [2.45, 2.75) is 44.2 Å². The van der Waals surface area contributed by atoms with Crippen LogP contribution in [0.2, 0.25) is 0 Å². The van der Waals surface area contributed by atoms with E-state index in [0.717, 1.165) is 5.56 Å². The molecule has 0 aliphatic carbocycles. The summed E-state index contributed by atoms with van der Waals surface area (Å²) in [6, 6.07) is 3.43. The topological polar surface area (TPSA) is 92.7 Å². The van der Waals surface area contributed by atoms with Crippen LogP contribution in [-0.4, -0.2) is 31.6 Å². The summed E-state index contributed by atoms with van der Waals surface area (Å²) < 4.78 is 32.4. The summed E-state index contributed by atoms with van der Waals surface area (Å²) in [5, 5.41) is 9.10. The maximum atomic E-state index is 12.3. The second kappa shape index (κ2) is 5.65. The Morgan fingerprint density at radius 1 is 1.43 bits per heavy atom. The Bertz CT molecular complexity index is 653. The van der Waals surface area contributed by atoms with Gasteiger partial charge in [-0.25, -0.2) is 8.42 Å². The predicted molar refractivity (Wildman–Crippen MR) is 76.8 cm³/mol. The first-order chi connectivity index (χ1) is 9.70. The molecule has 2 atom stereocenters. The Morgan fingerprint density at radius 3 is 2.67 bits per heavy atom. The number of fused-ring (bicyclic) bond motifs is 1. The van der Waals surface area contributed by atoms with Gasteiger partial charge in [0.2, 0.25) is 10.0 Å². The van der Waals surface area contributed by atoms with Gasteiger partial charge in [-0.15, -0.1) is 0 Å². The van der Waals surface area contributed by atoms with Gasteiger partial charge in [-0.3, -0.25) is 4.79 Å². The van der Waals surface area contributed by atoms with E-state index >= 15 is 0 Å². The average molecular weight is 313 g/mol. The van der Waals surface area contributed by atoms with Gasteiger partial charge in [-0.1, -0.05) is 13.8 Å². The van der Waals surface area contributed by atoms with E-state index in [1.54, 1.807) is 26.0 Å². The van der Waals surface area contributed by atoms with E-state index in [1.165, 1.54) is 6.07 Å². The molecule has 0 spiro atoms. The number of benzene rings is 1. The van der Waals surface area contributed by atoms with Crippen molar-refractivity contribution in [2.24, 2.45) is 5.92 Å². The zero-order valence-corrected chi connectivity index (χ0v) is 13.0. The molecule has 1 unspecified atom stereocenters. The molecule has 0 saturated carbocycles. The van der Waals surface area contributed by atoms with Crippen LogP contribution in [-0.2, 0) is 21.2 Å². The van der Waals surface area contributed by atoms with Gasteiger partial charge in [0.25, 0.3) is 0 Å². The number of hydrogen-bond acceptors (Lipinski definition) is 4. The van der Waals surface area contributed by atoms with Crippen LogP contribution in [0.3, 0.4) is 0 Å². The lowest BCUT2D eigenvalue weighted by Crippen LogP contribution is -2.44. The summed E-state index contributed by atoms with van der Waals surface area (Å²) in [5.41, 5.74) is 0.821. The van der Waals surface area contributed by atoms with E-state index in [9.17, 15) is 13.2 Å². The molecule has 2 rings (SSSR count). The van der Waals surface area contributed by atoms with Gasteiger partial charge in [-0.2, -0.15) is 4.72 Å². The highest BCUT2D eigenvalue weighted by molar-refractivity contribution is 7.89. The van der Waals surface area contributed by atoms with Gasteiger partial charge in [0.05, 0.1) is 4.90 Å². The average Bonchev–Trinajstić information content (AvgIpc) is 2.74. The van der Waals surface area contributed by atoms with Crippen LogP contribution < -0.4 is 9.46 Å². The normalized spacial score (nSPS) is 19.1. The lowest BCUT2D eigenvalue weighted by molar-refractivity contribution is -0.140. The van der Waals surface area contributed by atoms with Gasteiger partial charge >= 0.3 is 5.97 Å². The number of carboxylic acids is 1. The summed E-state index contributed by atoms with van der Waals surface area (Å²) in [7, 11) is -3.87. The highest BCUT2D eigenvalue weighted by atomic mass is 32.2. The quantitative estimate of drug-likeness (QED) is 0.857. The van der Waals surface area contributed by atoms with E-state index in [4.69, 9.17) is 9.84 Å². The fraction of sp³-hybridized carbons (Fsp3) is 0.500. The minimum atomic E-state index is -3.87. The van der Waals surface area contributed by atoms with Gasteiger partial charge in [0.15, 0.2) is 0 Å². The number of carbonyl (C=O) groups is 1. The Balaban J connectivity index is 2.28. The number of ether oxygens (including phenoxy) is 1. The lowest BCUT2D eigenvalue weighted by atomic mass is 10.1. The molecule has 1 aliphatic heterocycles. The molecular formula is C14H19NO5S. The second-order valence-corrected chi connectivity index (χ2v) is 7.30. The number of carboxylic acid groups (broad SMARTS) is 1. The molecule has 1 aliphatic rings. The predicted octanol–water partition coefficient (Wildman–Crippen LogP) is 1.40. The number of rotatable bonds is 5. The van der Waals surface area contributed by atoms with Crippen LogP contribution in [0.1, 0.15) is 26.3 Å². The molecule has 0 amide bonds. The molecule has 0 fully saturated rings. The van der Waals surface area contributed by atoms with Crippen LogP contribution in [0.25, 0.3) is 0 Å². The molecule has 1 aromatic carbocycles. The van der Waals surface area contributed by atoms with Crippen molar-refractivity contribution >= 4 is 16.0 Å². The second-order valence-electron chi connectivity index (χ2n) is 5.58. The lowest BCUT2D eigenvalue weighted by Gasteiger charge is -2.18. The van der Waals surface area contributed by atoms with Crippen molar-refractivity contribution in [3.63, 3.8) is 0 Å². The van der Waals surface area contributed by atoms with Crippen molar-refractivity contribution in [3.05, 3.63) is 23.8 Å². The van der Waals surface area contributed by atoms with Crippen molar-refractivity contribution in [2.75, 3.05) is 0 Å². The smallest absolute Gasteiger partial charge is 0.322 e. The summed E-state index contributed by atoms with van der Waals surface area (Å²) in [5.74, 6) is -0.859. The highest BCUT2D eigenvalue weighted by Gasteiger charge is 2.29.